The highest BCUT2D eigenvalue weighted by molar-refractivity contribution is 6.10. The lowest BCUT2D eigenvalue weighted by molar-refractivity contribution is -0.120. The van der Waals surface area contributed by atoms with Gasteiger partial charge in [-0.25, -0.2) is 0 Å². The van der Waals surface area contributed by atoms with Gasteiger partial charge in [0.05, 0.1) is 30.0 Å². The summed E-state index contributed by atoms with van der Waals surface area (Å²) in [6, 6.07) is 15.3. The number of nitrogens with zero attached hydrogens (tertiary/aromatic N) is 6. The van der Waals surface area contributed by atoms with Gasteiger partial charge in [0.2, 0.25) is 5.82 Å². The first-order valence-electron chi connectivity index (χ1n) is 13.8. The Bertz CT molecular complexity index is 1730. The molecular formula is C30H30N8O3. The lowest BCUT2D eigenvalue weighted by atomic mass is 10.1. The minimum atomic E-state index is -0.795. The first-order chi connectivity index (χ1) is 20.0. The van der Waals surface area contributed by atoms with Crippen LogP contribution in [-0.2, 0) is 22.5 Å². The van der Waals surface area contributed by atoms with Crippen LogP contribution in [0.3, 0.4) is 0 Å². The van der Waals surface area contributed by atoms with Crippen molar-refractivity contribution in [2.75, 3.05) is 25.2 Å². The van der Waals surface area contributed by atoms with Crippen LogP contribution in [0.5, 0.6) is 0 Å². The summed E-state index contributed by atoms with van der Waals surface area (Å²) in [5, 5.41) is 16.8. The van der Waals surface area contributed by atoms with Crippen molar-refractivity contribution in [2.45, 2.75) is 37.9 Å². The summed E-state index contributed by atoms with van der Waals surface area (Å²) in [4.78, 5) is 31.3. The number of carbonyl (C=O) groups is 2. The Balaban J connectivity index is 1.16. The second-order valence-electron chi connectivity index (χ2n) is 10.6. The van der Waals surface area contributed by atoms with Crippen LogP contribution in [-0.4, -0.2) is 67.6 Å². The monoisotopic (exact) mass is 550 g/mol. The predicted octanol–water partition coefficient (Wildman–Crippen LogP) is 3.34. The van der Waals surface area contributed by atoms with E-state index in [1.807, 2.05) is 53.3 Å². The van der Waals surface area contributed by atoms with Crippen LogP contribution >= 0.6 is 0 Å². The van der Waals surface area contributed by atoms with Gasteiger partial charge in [0, 0.05) is 55.6 Å². The van der Waals surface area contributed by atoms with Gasteiger partial charge in [0.15, 0.2) is 0 Å². The number of aromatic amines is 1. The van der Waals surface area contributed by atoms with E-state index in [-0.39, 0.29) is 18.3 Å². The molecule has 208 valence electrons. The van der Waals surface area contributed by atoms with E-state index in [9.17, 15) is 9.59 Å². The minimum absolute atomic E-state index is 0.0759. The number of hydrogen-bond donors (Lipinski definition) is 2. The van der Waals surface area contributed by atoms with Gasteiger partial charge in [-0.15, -0.1) is 10.2 Å². The van der Waals surface area contributed by atoms with Crippen molar-refractivity contribution in [3.63, 3.8) is 0 Å². The first-order valence-corrected chi connectivity index (χ1v) is 13.8. The molecule has 11 heteroatoms. The minimum Gasteiger partial charge on any atom is -0.381 e. The van der Waals surface area contributed by atoms with Gasteiger partial charge in [-0.3, -0.25) is 14.3 Å². The quantitative estimate of drug-likeness (QED) is 0.334. The van der Waals surface area contributed by atoms with Gasteiger partial charge < -0.3 is 24.5 Å². The van der Waals surface area contributed by atoms with E-state index in [1.165, 1.54) is 0 Å². The van der Waals surface area contributed by atoms with Gasteiger partial charge >= 0.3 is 0 Å². The number of anilines is 1. The molecule has 0 saturated carbocycles. The van der Waals surface area contributed by atoms with Gasteiger partial charge in [0.1, 0.15) is 11.9 Å². The molecule has 7 rings (SSSR count). The van der Waals surface area contributed by atoms with Crippen molar-refractivity contribution < 1.29 is 14.3 Å². The number of ether oxygens (including phenoxy) is 1. The summed E-state index contributed by atoms with van der Waals surface area (Å²) in [6.45, 7) is 1.78. The second-order valence-corrected chi connectivity index (χ2v) is 10.6. The molecule has 2 N–H and O–H groups in total. The third-order valence-electron chi connectivity index (χ3n) is 7.99. The van der Waals surface area contributed by atoms with Gasteiger partial charge in [-0.1, -0.05) is 42.5 Å². The van der Waals surface area contributed by atoms with Gasteiger partial charge in [-0.2, -0.15) is 5.10 Å². The molecule has 1 atom stereocenters. The summed E-state index contributed by atoms with van der Waals surface area (Å²) in [5.74, 6) is -0.0218. The summed E-state index contributed by atoms with van der Waals surface area (Å²) < 4.78 is 9.61. The molecule has 1 fully saturated rings. The van der Waals surface area contributed by atoms with Crippen LogP contribution in [0.2, 0.25) is 0 Å². The van der Waals surface area contributed by atoms with Crippen molar-refractivity contribution in [1.29, 1.82) is 0 Å². The number of carbonyl (C=O) groups excluding carboxylic acids is 2. The fourth-order valence-electron chi connectivity index (χ4n) is 5.84. The first kappa shape index (κ1) is 25.2. The van der Waals surface area contributed by atoms with Crippen molar-refractivity contribution >= 4 is 28.4 Å². The van der Waals surface area contributed by atoms with E-state index in [0.717, 1.165) is 59.3 Å². The largest absolute Gasteiger partial charge is 0.381 e. The third kappa shape index (κ3) is 4.67. The molecule has 11 nitrogen and oxygen atoms in total. The lowest BCUT2D eigenvalue weighted by Crippen LogP contribution is -2.48. The number of hydrogen-bond acceptors (Lipinski definition) is 6. The fraction of sp³-hybridized carbons (Fsp3) is 0.300. The average molecular weight is 551 g/mol. The second kappa shape index (κ2) is 10.3. The number of benzene rings is 2. The van der Waals surface area contributed by atoms with Crippen LogP contribution in [0.25, 0.3) is 22.0 Å². The molecule has 0 radical (unpaired) electrons. The third-order valence-corrected chi connectivity index (χ3v) is 7.99. The Labute approximate surface area is 236 Å². The number of likely N-dealkylation sites (N-methyl/N-ethyl adjacent to an activating group) is 1. The zero-order valence-electron chi connectivity index (χ0n) is 22.7. The Morgan fingerprint density at radius 2 is 1.90 bits per heavy atom. The highest BCUT2D eigenvalue weighted by atomic mass is 16.5. The van der Waals surface area contributed by atoms with Crippen LogP contribution in [0, 0.1) is 0 Å². The molecule has 0 unspecified atom stereocenters. The van der Waals surface area contributed by atoms with Crippen molar-refractivity contribution in [3.8, 4) is 11.1 Å². The van der Waals surface area contributed by atoms with E-state index < -0.39 is 11.9 Å². The Morgan fingerprint density at radius 1 is 1.07 bits per heavy atom. The number of amides is 2. The average Bonchev–Trinajstić information content (AvgIpc) is 3.75. The van der Waals surface area contributed by atoms with E-state index in [1.54, 1.807) is 11.9 Å². The molecule has 3 aromatic heterocycles. The lowest BCUT2D eigenvalue weighted by Gasteiger charge is -2.22. The molecule has 0 aliphatic carbocycles. The van der Waals surface area contributed by atoms with Gasteiger partial charge in [0.25, 0.3) is 11.8 Å². The van der Waals surface area contributed by atoms with Crippen molar-refractivity contribution in [1.82, 2.24) is 34.8 Å². The maximum Gasteiger partial charge on any atom is 0.289 e. The van der Waals surface area contributed by atoms with Crippen LogP contribution < -0.4 is 10.2 Å². The summed E-state index contributed by atoms with van der Waals surface area (Å²) >= 11 is 0. The van der Waals surface area contributed by atoms with E-state index >= 15 is 0 Å². The number of rotatable bonds is 6. The maximum absolute atomic E-state index is 13.5. The molecule has 1 saturated heterocycles. The molecular weight excluding hydrogens is 520 g/mol. The molecule has 0 bridgehead atoms. The normalized spacial score (nSPS) is 17.6. The molecule has 5 heterocycles. The highest BCUT2D eigenvalue weighted by Gasteiger charge is 2.32. The standard InChI is InChI=1S/C30H30N8O3/c1-36-25-9-5-8-22-23(20-15-31-38(16-20)21-10-12-41-13-11-21)17-37(27(22)25)18-24(30(36)40)32-29(39)28-33-26(34-35-28)14-19-6-3-2-4-7-19/h2-9,15-17,21,24H,10-14,18H2,1H3,(H,32,39)(H,33,34,35)/t24-/m0/s1. The Hall–Kier alpha value is -4.77. The summed E-state index contributed by atoms with van der Waals surface area (Å²) in [5.41, 5.74) is 4.84. The van der Waals surface area contributed by atoms with Gasteiger partial charge in [-0.05, 0) is 24.5 Å². The molecule has 2 aliphatic heterocycles. The summed E-state index contributed by atoms with van der Waals surface area (Å²) in [7, 11) is 1.74. The number of nitrogens with one attached hydrogen (secondary N) is 2. The highest BCUT2D eigenvalue weighted by Crippen LogP contribution is 2.38. The molecule has 2 aromatic carbocycles. The molecule has 5 aromatic rings. The van der Waals surface area contributed by atoms with E-state index in [4.69, 9.17) is 4.74 Å². The van der Waals surface area contributed by atoms with E-state index in [0.29, 0.717) is 18.3 Å². The van der Waals surface area contributed by atoms with Crippen molar-refractivity contribution in [3.05, 3.63) is 84.3 Å². The molecule has 41 heavy (non-hydrogen) atoms. The van der Waals surface area contributed by atoms with Crippen LogP contribution in [0.15, 0.2) is 67.1 Å². The molecule has 0 spiro atoms. The topological polar surface area (TPSA) is 123 Å². The number of aromatic nitrogens is 6. The number of H-pyrrole nitrogens is 1. The van der Waals surface area contributed by atoms with Crippen LogP contribution in [0.4, 0.5) is 5.69 Å². The summed E-state index contributed by atoms with van der Waals surface area (Å²) in [6.07, 6.45) is 8.46. The predicted molar refractivity (Wildman–Crippen MR) is 153 cm³/mol. The smallest absolute Gasteiger partial charge is 0.289 e. The fourth-order valence-corrected chi connectivity index (χ4v) is 5.84. The maximum atomic E-state index is 13.5. The Morgan fingerprint density at radius 3 is 2.73 bits per heavy atom. The number of para-hydroxylation sites is 1. The van der Waals surface area contributed by atoms with Crippen LogP contribution in [0.1, 0.15) is 40.9 Å². The zero-order chi connectivity index (χ0) is 27.9. The molecule has 2 amide bonds. The molecule has 2 aliphatic rings. The SMILES string of the molecule is CN1C(=O)[C@@H](NC(=O)c2nnc(Cc3ccccc3)[nH]2)Cn2cc(-c3cnn(C4CCOCC4)c3)c3cccc1c32. The Kier molecular flexibility index (Phi) is 6.35. The zero-order valence-corrected chi connectivity index (χ0v) is 22.7. The van der Waals surface area contributed by atoms with Crippen molar-refractivity contribution in [2.24, 2.45) is 0 Å². The van der Waals surface area contributed by atoms with E-state index in [2.05, 4.69) is 48.6 Å².